The first-order valence-corrected chi connectivity index (χ1v) is 10.9. The Morgan fingerprint density at radius 2 is 1.52 bits per heavy atom. The van der Waals surface area contributed by atoms with Gasteiger partial charge in [-0.1, -0.05) is 12.1 Å². The second kappa shape index (κ2) is 9.50. The molecule has 0 atom stereocenters. The van der Waals surface area contributed by atoms with Gasteiger partial charge in [0.25, 0.3) is 5.56 Å². The van der Waals surface area contributed by atoms with Gasteiger partial charge in [0, 0.05) is 23.3 Å². The van der Waals surface area contributed by atoms with Crippen molar-refractivity contribution < 1.29 is 8.78 Å². The molecule has 168 valence electrons. The fraction of sp³-hybridized carbons (Fsp3) is 0.154. The molecule has 0 saturated carbocycles. The summed E-state index contributed by atoms with van der Waals surface area (Å²) in [5.74, 6) is -0.670. The minimum absolute atomic E-state index is 0.195. The summed E-state index contributed by atoms with van der Waals surface area (Å²) in [4.78, 5) is 17.6. The predicted molar refractivity (Wildman–Crippen MR) is 132 cm³/mol. The summed E-state index contributed by atoms with van der Waals surface area (Å²) < 4.78 is 26.7. The van der Waals surface area contributed by atoms with E-state index in [0.717, 1.165) is 27.6 Å². The zero-order valence-corrected chi connectivity index (χ0v) is 19.1. The summed E-state index contributed by atoms with van der Waals surface area (Å²) in [5.41, 5.74) is 4.84. The van der Waals surface area contributed by atoms with Crippen LogP contribution in [0, 0.1) is 25.5 Å². The number of rotatable bonds is 5. The number of aromatic nitrogens is 1. The van der Waals surface area contributed by atoms with Gasteiger partial charge in [0.05, 0.1) is 6.54 Å². The second-order valence-electron chi connectivity index (χ2n) is 8.07. The molecule has 33 heavy (non-hydrogen) atoms. The predicted octanol–water partition coefficient (Wildman–Crippen LogP) is 5.82. The Hall–Kier alpha value is -3.58. The summed E-state index contributed by atoms with van der Waals surface area (Å²) >= 11 is 5.63. The molecule has 0 unspecified atom stereocenters. The van der Waals surface area contributed by atoms with Crippen molar-refractivity contribution in [3.05, 3.63) is 111 Å². The topological polar surface area (TPSA) is 48.1 Å². The van der Waals surface area contributed by atoms with Gasteiger partial charge in [0.15, 0.2) is 5.11 Å². The molecule has 1 aromatic heterocycles. The van der Waals surface area contributed by atoms with Crippen molar-refractivity contribution in [2.24, 2.45) is 0 Å². The van der Waals surface area contributed by atoms with Crippen LogP contribution in [-0.4, -0.2) is 15.0 Å². The number of halogens is 2. The van der Waals surface area contributed by atoms with Crippen LogP contribution in [0.15, 0.2) is 71.5 Å². The van der Waals surface area contributed by atoms with E-state index >= 15 is 0 Å². The molecular weight excluding hydrogens is 440 g/mol. The van der Waals surface area contributed by atoms with E-state index in [1.54, 1.807) is 24.3 Å². The molecule has 0 fully saturated rings. The highest BCUT2D eigenvalue weighted by Gasteiger charge is 2.15. The lowest BCUT2D eigenvalue weighted by Crippen LogP contribution is -2.35. The molecule has 0 spiro atoms. The molecular formula is C26H23F2N3OS. The van der Waals surface area contributed by atoms with Crippen molar-refractivity contribution >= 4 is 33.9 Å². The first kappa shape index (κ1) is 22.6. The number of H-pyrrole nitrogens is 1. The molecule has 0 aliphatic rings. The fourth-order valence-electron chi connectivity index (χ4n) is 3.59. The first-order valence-electron chi connectivity index (χ1n) is 10.5. The van der Waals surface area contributed by atoms with Crippen LogP contribution in [0.5, 0.6) is 0 Å². The molecule has 0 radical (unpaired) electrons. The van der Waals surface area contributed by atoms with Crippen molar-refractivity contribution in [1.29, 1.82) is 0 Å². The molecule has 4 nitrogen and oxygen atoms in total. The second-order valence-corrected chi connectivity index (χ2v) is 8.45. The molecule has 0 aliphatic heterocycles. The average Bonchev–Trinajstić information content (AvgIpc) is 2.78. The fourth-order valence-corrected chi connectivity index (χ4v) is 3.84. The maximum absolute atomic E-state index is 13.4. The highest BCUT2D eigenvalue weighted by Crippen LogP contribution is 2.19. The number of nitrogens with zero attached hydrogens (tertiary/aromatic N) is 1. The Balaban J connectivity index is 1.66. The molecule has 2 N–H and O–H groups in total. The van der Waals surface area contributed by atoms with Crippen LogP contribution >= 0.6 is 12.2 Å². The summed E-state index contributed by atoms with van der Waals surface area (Å²) in [6, 6.07) is 17.9. The van der Waals surface area contributed by atoms with Crippen molar-refractivity contribution in [2.75, 3.05) is 5.32 Å². The van der Waals surface area contributed by atoms with Gasteiger partial charge in [-0.3, -0.25) is 4.79 Å². The maximum Gasteiger partial charge on any atom is 0.253 e. The highest BCUT2D eigenvalue weighted by molar-refractivity contribution is 7.80. The first-order chi connectivity index (χ1) is 15.8. The molecule has 4 rings (SSSR count). The summed E-state index contributed by atoms with van der Waals surface area (Å²) in [6.07, 6.45) is 0. The summed E-state index contributed by atoms with van der Waals surface area (Å²) in [7, 11) is 0. The third-order valence-electron chi connectivity index (χ3n) is 5.57. The number of benzene rings is 3. The van der Waals surface area contributed by atoms with Gasteiger partial charge < -0.3 is 15.2 Å². The number of aryl methyl sites for hydroxylation is 2. The van der Waals surface area contributed by atoms with Gasteiger partial charge >= 0.3 is 0 Å². The largest absolute Gasteiger partial charge is 0.340 e. The Morgan fingerprint density at radius 1 is 0.909 bits per heavy atom. The van der Waals surface area contributed by atoms with Crippen LogP contribution in [0.4, 0.5) is 14.5 Å². The number of hydrogen-bond donors (Lipinski definition) is 2. The van der Waals surface area contributed by atoms with Gasteiger partial charge in [-0.05, 0) is 103 Å². The van der Waals surface area contributed by atoms with Crippen molar-refractivity contribution in [3.8, 4) is 0 Å². The number of hydrogen-bond acceptors (Lipinski definition) is 2. The lowest BCUT2D eigenvalue weighted by molar-refractivity contribution is 0.411. The van der Waals surface area contributed by atoms with Crippen LogP contribution in [-0.2, 0) is 13.1 Å². The van der Waals surface area contributed by atoms with E-state index < -0.39 is 0 Å². The number of pyridine rings is 1. The minimum Gasteiger partial charge on any atom is -0.340 e. The Morgan fingerprint density at radius 3 is 2.18 bits per heavy atom. The average molecular weight is 464 g/mol. The molecule has 0 aliphatic carbocycles. The van der Waals surface area contributed by atoms with Crippen molar-refractivity contribution in [3.63, 3.8) is 0 Å². The van der Waals surface area contributed by atoms with Gasteiger partial charge in [0.1, 0.15) is 11.6 Å². The summed E-state index contributed by atoms with van der Waals surface area (Å²) in [6.45, 7) is 4.63. The van der Waals surface area contributed by atoms with Gasteiger partial charge in [-0.15, -0.1) is 0 Å². The number of anilines is 1. The van der Waals surface area contributed by atoms with E-state index in [0.29, 0.717) is 22.9 Å². The van der Waals surface area contributed by atoms with Crippen LogP contribution in [0.25, 0.3) is 10.9 Å². The number of aromatic amines is 1. The van der Waals surface area contributed by atoms with E-state index in [-0.39, 0.29) is 23.7 Å². The van der Waals surface area contributed by atoms with Gasteiger partial charge in [-0.25, -0.2) is 8.78 Å². The number of nitrogens with one attached hydrogen (secondary N) is 2. The van der Waals surface area contributed by atoms with Crippen molar-refractivity contribution in [1.82, 2.24) is 9.88 Å². The Labute approximate surface area is 195 Å². The Kier molecular flexibility index (Phi) is 6.51. The standard InChI is InChI=1S/C26H23F2N3OS/c1-16-11-19-13-20(25(32)30-24(19)12-17(16)2)15-31(14-18-3-5-21(27)6-4-18)26(33)29-23-9-7-22(28)8-10-23/h3-13H,14-15H2,1-2H3,(H,29,33)(H,30,32). The quantitative estimate of drug-likeness (QED) is 0.366. The highest BCUT2D eigenvalue weighted by atomic mass is 32.1. The zero-order valence-electron chi connectivity index (χ0n) is 18.3. The molecule has 4 aromatic rings. The van der Waals surface area contributed by atoms with Crippen LogP contribution in [0.1, 0.15) is 22.3 Å². The third-order valence-corrected chi connectivity index (χ3v) is 5.93. The maximum atomic E-state index is 13.4. The van der Waals surface area contributed by atoms with E-state index in [2.05, 4.69) is 10.3 Å². The Bertz CT molecular complexity index is 1370. The summed E-state index contributed by atoms with van der Waals surface area (Å²) in [5, 5.41) is 4.40. The van der Waals surface area contributed by atoms with Crippen LogP contribution < -0.4 is 10.9 Å². The normalized spacial score (nSPS) is 10.9. The molecule has 7 heteroatoms. The van der Waals surface area contributed by atoms with Gasteiger partial charge in [-0.2, -0.15) is 0 Å². The SMILES string of the molecule is Cc1cc2cc(CN(Cc3ccc(F)cc3)C(=S)Nc3ccc(F)cc3)c(=O)[nH]c2cc1C. The number of fused-ring (bicyclic) bond motifs is 1. The zero-order chi connectivity index (χ0) is 23.5. The van der Waals surface area contributed by atoms with Gasteiger partial charge in [0.2, 0.25) is 0 Å². The van der Waals surface area contributed by atoms with E-state index in [1.165, 1.54) is 24.3 Å². The smallest absolute Gasteiger partial charge is 0.253 e. The van der Waals surface area contributed by atoms with E-state index in [1.807, 2.05) is 36.9 Å². The van der Waals surface area contributed by atoms with Crippen LogP contribution in [0.2, 0.25) is 0 Å². The molecule has 3 aromatic carbocycles. The van der Waals surface area contributed by atoms with Crippen LogP contribution in [0.3, 0.4) is 0 Å². The lowest BCUT2D eigenvalue weighted by atomic mass is 10.0. The molecule has 0 amide bonds. The minimum atomic E-state index is -0.345. The monoisotopic (exact) mass is 463 g/mol. The third kappa shape index (κ3) is 5.43. The van der Waals surface area contributed by atoms with Crippen molar-refractivity contribution in [2.45, 2.75) is 26.9 Å². The molecule has 0 saturated heterocycles. The van der Waals surface area contributed by atoms with E-state index in [4.69, 9.17) is 12.2 Å². The van der Waals surface area contributed by atoms with E-state index in [9.17, 15) is 13.6 Å². The number of thiocarbonyl (C=S) groups is 1. The lowest BCUT2D eigenvalue weighted by Gasteiger charge is -2.26. The molecule has 0 bridgehead atoms. The molecule has 1 heterocycles.